The molecule has 2 aromatic rings. The van der Waals surface area contributed by atoms with Crippen LogP contribution in [0.2, 0.25) is 0 Å². The number of likely N-dealkylation sites (tertiary alicyclic amines) is 1. The molecule has 7 nitrogen and oxygen atoms in total. The van der Waals surface area contributed by atoms with Gasteiger partial charge in [0, 0.05) is 25.7 Å². The first-order valence-corrected chi connectivity index (χ1v) is 10.7. The minimum atomic E-state index is 0.169. The number of hydrogen-bond donors (Lipinski definition) is 0. The van der Waals surface area contributed by atoms with Crippen LogP contribution in [0.15, 0.2) is 22.6 Å². The number of nitrogens with zero attached hydrogens (tertiary/aromatic N) is 3. The molecule has 3 heterocycles. The molecule has 1 atom stereocenters. The van der Waals surface area contributed by atoms with Crippen LogP contribution in [0.25, 0.3) is 0 Å². The topological polar surface area (TPSA) is 69.9 Å². The third kappa shape index (κ3) is 4.73. The molecule has 29 heavy (non-hydrogen) atoms. The number of piperidine rings is 1. The van der Waals surface area contributed by atoms with E-state index in [0.29, 0.717) is 12.5 Å². The van der Waals surface area contributed by atoms with Crippen molar-refractivity contribution in [3.8, 4) is 11.5 Å². The second-order valence-corrected chi connectivity index (χ2v) is 7.77. The Labute approximate surface area is 172 Å². The summed E-state index contributed by atoms with van der Waals surface area (Å²) in [7, 11) is 1.68. The number of benzene rings is 1. The monoisotopic (exact) mass is 401 g/mol. The summed E-state index contributed by atoms with van der Waals surface area (Å²) in [5.74, 6) is 3.42. The van der Waals surface area contributed by atoms with Gasteiger partial charge in [0.2, 0.25) is 11.8 Å². The first-order chi connectivity index (χ1) is 14.3. The molecule has 0 amide bonds. The van der Waals surface area contributed by atoms with Crippen molar-refractivity contribution < 1.29 is 18.6 Å². The van der Waals surface area contributed by atoms with Crippen molar-refractivity contribution in [2.45, 2.75) is 57.5 Å². The zero-order chi connectivity index (χ0) is 20.1. The van der Waals surface area contributed by atoms with E-state index in [1.807, 2.05) is 13.0 Å². The summed E-state index contributed by atoms with van der Waals surface area (Å²) in [5, 5.41) is 8.82. The Kier molecular flexibility index (Phi) is 6.67. The van der Waals surface area contributed by atoms with E-state index in [9.17, 15) is 0 Å². The Hall–Kier alpha value is -2.12. The molecule has 7 heteroatoms. The van der Waals surface area contributed by atoms with Gasteiger partial charge in [0.05, 0.1) is 19.8 Å². The molecule has 2 saturated heterocycles. The van der Waals surface area contributed by atoms with Gasteiger partial charge < -0.3 is 18.6 Å². The zero-order valence-electron chi connectivity index (χ0n) is 17.4. The van der Waals surface area contributed by atoms with E-state index in [4.69, 9.17) is 18.6 Å². The maximum Gasteiger partial charge on any atom is 0.233 e. The van der Waals surface area contributed by atoms with Crippen molar-refractivity contribution in [1.29, 1.82) is 0 Å². The van der Waals surface area contributed by atoms with Crippen LogP contribution < -0.4 is 9.47 Å². The van der Waals surface area contributed by atoms with Crippen LogP contribution in [0.1, 0.15) is 68.3 Å². The molecule has 0 saturated carbocycles. The van der Waals surface area contributed by atoms with Crippen LogP contribution in [-0.2, 0) is 11.3 Å². The molecule has 4 rings (SSSR count). The van der Waals surface area contributed by atoms with Crippen molar-refractivity contribution in [1.82, 2.24) is 15.1 Å². The molecule has 2 aliphatic heterocycles. The Bertz CT molecular complexity index is 788. The van der Waals surface area contributed by atoms with Crippen molar-refractivity contribution >= 4 is 0 Å². The summed E-state index contributed by atoms with van der Waals surface area (Å²) < 4.78 is 22.8. The number of rotatable bonds is 7. The third-order valence-electron chi connectivity index (χ3n) is 5.84. The zero-order valence-corrected chi connectivity index (χ0v) is 17.4. The van der Waals surface area contributed by atoms with Gasteiger partial charge in [-0.2, -0.15) is 0 Å². The molecule has 2 aliphatic rings. The lowest BCUT2D eigenvalue weighted by molar-refractivity contribution is 0.0768. The van der Waals surface area contributed by atoms with Gasteiger partial charge in [-0.3, -0.25) is 4.90 Å². The highest BCUT2D eigenvalue weighted by atomic mass is 16.5. The van der Waals surface area contributed by atoms with Crippen LogP contribution in [0.3, 0.4) is 0 Å². The van der Waals surface area contributed by atoms with E-state index in [0.717, 1.165) is 68.8 Å². The van der Waals surface area contributed by atoms with Crippen molar-refractivity contribution in [2.75, 3.05) is 33.5 Å². The van der Waals surface area contributed by atoms with Crippen molar-refractivity contribution in [3.63, 3.8) is 0 Å². The highest BCUT2D eigenvalue weighted by molar-refractivity contribution is 5.43. The lowest BCUT2D eigenvalue weighted by atomic mass is 10.0. The van der Waals surface area contributed by atoms with Crippen LogP contribution in [0.5, 0.6) is 11.5 Å². The number of methoxy groups -OCH3 is 1. The van der Waals surface area contributed by atoms with Crippen LogP contribution in [0, 0.1) is 0 Å². The summed E-state index contributed by atoms with van der Waals surface area (Å²) in [4.78, 5) is 2.44. The average Bonchev–Trinajstić information content (AvgIpc) is 3.26. The van der Waals surface area contributed by atoms with E-state index in [1.165, 1.54) is 18.4 Å². The minimum absolute atomic E-state index is 0.169. The molecule has 158 valence electrons. The Morgan fingerprint density at radius 2 is 1.90 bits per heavy atom. The maximum absolute atomic E-state index is 6.16. The standard InChI is InChI=1S/C22H31N3O4/c1-3-28-19-8-7-16(14-20(19)26-2)15-25-11-5-4-6-18(25)22-24-23-21(29-22)17-9-12-27-13-10-17/h7-8,14,17-18H,3-6,9-13,15H2,1-2H3/t18-/m1/s1. The van der Waals surface area contributed by atoms with Crippen LogP contribution in [-0.4, -0.2) is 48.6 Å². The molecule has 0 N–H and O–H groups in total. The van der Waals surface area contributed by atoms with E-state index in [2.05, 4.69) is 27.2 Å². The molecule has 1 aromatic heterocycles. The Balaban J connectivity index is 1.48. The van der Waals surface area contributed by atoms with Gasteiger partial charge in [-0.1, -0.05) is 12.5 Å². The van der Waals surface area contributed by atoms with Crippen molar-refractivity contribution in [2.24, 2.45) is 0 Å². The van der Waals surface area contributed by atoms with Gasteiger partial charge in [-0.25, -0.2) is 0 Å². The third-order valence-corrected chi connectivity index (χ3v) is 5.84. The van der Waals surface area contributed by atoms with Gasteiger partial charge in [-0.05, 0) is 56.8 Å². The molecular formula is C22H31N3O4. The normalized spacial score (nSPS) is 21.2. The highest BCUT2D eigenvalue weighted by Gasteiger charge is 2.30. The average molecular weight is 402 g/mol. The molecule has 1 aromatic carbocycles. The van der Waals surface area contributed by atoms with Gasteiger partial charge in [-0.15, -0.1) is 10.2 Å². The number of aromatic nitrogens is 2. The fraction of sp³-hybridized carbons (Fsp3) is 0.636. The summed E-state index contributed by atoms with van der Waals surface area (Å²) in [6.45, 7) is 5.99. The predicted octanol–water partition coefficient (Wildman–Crippen LogP) is 4.10. The van der Waals surface area contributed by atoms with Gasteiger partial charge in [0.1, 0.15) is 0 Å². The molecular weight excluding hydrogens is 370 g/mol. The summed E-state index contributed by atoms with van der Waals surface area (Å²) in [6, 6.07) is 6.34. The molecule has 0 aliphatic carbocycles. The molecule has 0 radical (unpaired) electrons. The fourth-order valence-electron chi connectivity index (χ4n) is 4.27. The lowest BCUT2D eigenvalue weighted by Crippen LogP contribution is -2.33. The van der Waals surface area contributed by atoms with E-state index in [-0.39, 0.29) is 6.04 Å². The molecule has 0 spiro atoms. The second-order valence-electron chi connectivity index (χ2n) is 7.77. The predicted molar refractivity (Wildman–Crippen MR) is 108 cm³/mol. The highest BCUT2D eigenvalue weighted by Crippen LogP contribution is 2.35. The van der Waals surface area contributed by atoms with E-state index < -0.39 is 0 Å². The summed E-state index contributed by atoms with van der Waals surface area (Å²) >= 11 is 0. The first-order valence-electron chi connectivity index (χ1n) is 10.7. The quantitative estimate of drug-likeness (QED) is 0.692. The summed E-state index contributed by atoms with van der Waals surface area (Å²) in [5.41, 5.74) is 1.20. The van der Waals surface area contributed by atoms with Gasteiger partial charge in [0.25, 0.3) is 0 Å². The van der Waals surface area contributed by atoms with Gasteiger partial charge in [0.15, 0.2) is 11.5 Å². The number of ether oxygens (including phenoxy) is 3. The molecule has 0 bridgehead atoms. The van der Waals surface area contributed by atoms with Gasteiger partial charge >= 0.3 is 0 Å². The maximum atomic E-state index is 6.16. The SMILES string of the molecule is CCOc1ccc(CN2CCCC[C@@H]2c2nnc(C3CCOCC3)o2)cc1OC. The minimum Gasteiger partial charge on any atom is -0.493 e. The van der Waals surface area contributed by atoms with Crippen molar-refractivity contribution in [3.05, 3.63) is 35.5 Å². The van der Waals surface area contributed by atoms with Crippen LogP contribution in [0.4, 0.5) is 0 Å². The second kappa shape index (κ2) is 9.59. The largest absolute Gasteiger partial charge is 0.493 e. The lowest BCUT2D eigenvalue weighted by Gasteiger charge is -2.33. The molecule has 0 unspecified atom stereocenters. The Morgan fingerprint density at radius 1 is 1.07 bits per heavy atom. The number of hydrogen-bond acceptors (Lipinski definition) is 7. The Morgan fingerprint density at radius 3 is 2.69 bits per heavy atom. The fourth-order valence-corrected chi connectivity index (χ4v) is 4.27. The van der Waals surface area contributed by atoms with E-state index >= 15 is 0 Å². The smallest absolute Gasteiger partial charge is 0.233 e. The first kappa shape index (κ1) is 20.2. The van der Waals surface area contributed by atoms with Crippen LogP contribution >= 0.6 is 0 Å². The summed E-state index contributed by atoms with van der Waals surface area (Å²) in [6.07, 6.45) is 5.34. The van der Waals surface area contributed by atoms with E-state index in [1.54, 1.807) is 7.11 Å². The molecule has 2 fully saturated rings.